The number of aromatic nitrogens is 2. The van der Waals surface area contributed by atoms with Crippen LogP contribution >= 0.6 is 0 Å². The Morgan fingerprint density at radius 2 is 1.95 bits per heavy atom. The summed E-state index contributed by atoms with van der Waals surface area (Å²) in [6.45, 7) is 8.07. The molecular formula is C16H29N5. The summed E-state index contributed by atoms with van der Waals surface area (Å²) in [5, 5.41) is 3.43. The van der Waals surface area contributed by atoms with Crippen LogP contribution in [0.4, 0.5) is 11.6 Å². The van der Waals surface area contributed by atoms with Gasteiger partial charge in [-0.2, -0.15) is 0 Å². The molecule has 0 bridgehead atoms. The highest BCUT2D eigenvalue weighted by molar-refractivity contribution is 5.54. The number of likely N-dealkylation sites (N-methyl/N-ethyl adjacent to an activating group) is 1. The van der Waals surface area contributed by atoms with Crippen LogP contribution in [0.5, 0.6) is 0 Å². The van der Waals surface area contributed by atoms with E-state index in [2.05, 4.69) is 41.1 Å². The Kier molecular flexibility index (Phi) is 5.39. The quantitative estimate of drug-likeness (QED) is 0.843. The molecule has 1 aromatic heterocycles. The second-order valence-electron chi connectivity index (χ2n) is 6.44. The molecule has 0 aromatic carbocycles. The molecule has 1 heterocycles. The molecule has 1 fully saturated rings. The highest BCUT2D eigenvalue weighted by atomic mass is 15.2. The lowest BCUT2D eigenvalue weighted by molar-refractivity contribution is 0.254. The molecule has 1 saturated carbocycles. The summed E-state index contributed by atoms with van der Waals surface area (Å²) in [4.78, 5) is 11.4. The van der Waals surface area contributed by atoms with Crippen LogP contribution in [0.15, 0.2) is 0 Å². The minimum atomic E-state index is 0.287. The first-order valence-electron chi connectivity index (χ1n) is 8.07. The van der Waals surface area contributed by atoms with Crippen LogP contribution in [0.1, 0.15) is 56.8 Å². The van der Waals surface area contributed by atoms with Gasteiger partial charge in [0.2, 0.25) is 0 Å². The largest absolute Gasteiger partial charge is 0.383 e. The van der Waals surface area contributed by atoms with E-state index in [1.54, 1.807) is 0 Å². The van der Waals surface area contributed by atoms with Gasteiger partial charge in [-0.05, 0) is 26.8 Å². The minimum Gasteiger partial charge on any atom is -0.383 e. The molecule has 0 unspecified atom stereocenters. The molecule has 21 heavy (non-hydrogen) atoms. The number of nitrogens with zero attached hydrogens (tertiary/aromatic N) is 3. The van der Waals surface area contributed by atoms with E-state index in [1.807, 2.05) is 6.92 Å². The zero-order chi connectivity index (χ0) is 15.4. The van der Waals surface area contributed by atoms with Crippen LogP contribution in [0, 0.1) is 6.92 Å². The van der Waals surface area contributed by atoms with Crippen LogP contribution in [-0.4, -0.2) is 41.0 Å². The summed E-state index contributed by atoms with van der Waals surface area (Å²) < 4.78 is 0. The summed E-state index contributed by atoms with van der Waals surface area (Å²) in [6, 6.07) is 0.759. The zero-order valence-electron chi connectivity index (χ0n) is 13.8. The molecule has 0 amide bonds. The molecule has 0 saturated heterocycles. The molecule has 118 valence electrons. The highest BCUT2D eigenvalue weighted by Crippen LogP contribution is 2.23. The normalized spacial score (nSPS) is 16.1. The number of rotatable bonds is 6. The maximum absolute atomic E-state index is 5.99. The van der Waals surface area contributed by atoms with Crippen molar-refractivity contribution in [3.63, 3.8) is 0 Å². The monoisotopic (exact) mass is 291 g/mol. The first-order valence-corrected chi connectivity index (χ1v) is 8.07. The lowest BCUT2D eigenvalue weighted by Crippen LogP contribution is -2.33. The van der Waals surface area contributed by atoms with Gasteiger partial charge in [-0.1, -0.05) is 26.7 Å². The molecule has 5 nitrogen and oxygen atoms in total. The van der Waals surface area contributed by atoms with Crippen molar-refractivity contribution in [2.45, 2.75) is 58.4 Å². The fourth-order valence-electron chi connectivity index (χ4n) is 2.86. The van der Waals surface area contributed by atoms with Crippen molar-refractivity contribution in [1.29, 1.82) is 0 Å². The van der Waals surface area contributed by atoms with E-state index >= 15 is 0 Å². The Labute approximate surface area is 128 Å². The number of hydrogen-bond donors (Lipinski definition) is 2. The maximum Gasteiger partial charge on any atom is 0.135 e. The van der Waals surface area contributed by atoms with E-state index in [4.69, 9.17) is 5.73 Å². The molecule has 1 aromatic rings. The molecule has 2 rings (SSSR count). The second kappa shape index (κ2) is 7.07. The second-order valence-corrected chi connectivity index (χ2v) is 6.44. The van der Waals surface area contributed by atoms with E-state index in [-0.39, 0.29) is 5.92 Å². The molecular weight excluding hydrogens is 262 g/mol. The van der Waals surface area contributed by atoms with Crippen LogP contribution in [-0.2, 0) is 0 Å². The van der Waals surface area contributed by atoms with E-state index in [9.17, 15) is 0 Å². The van der Waals surface area contributed by atoms with Crippen molar-refractivity contribution < 1.29 is 0 Å². The van der Waals surface area contributed by atoms with Gasteiger partial charge in [0.05, 0.1) is 0 Å². The van der Waals surface area contributed by atoms with Crippen LogP contribution < -0.4 is 11.1 Å². The van der Waals surface area contributed by atoms with Gasteiger partial charge < -0.3 is 16.0 Å². The number of nitrogens with two attached hydrogens (primary N) is 1. The summed E-state index contributed by atoms with van der Waals surface area (Å²) >= 11 is 0. The van der Waals surface area contributed by atoms with Gasteiger partial charge in [0.25, 0.3) is 0 Å². The third-order valence-electron chi connectivity index (χ3n) is 4.42. The summed E-state index contributed by atoms with van der Waals surface area (Å²) in [5.41, 5.74) is 6.94. The SMILES string of the molecule is Cc1c(N)nc(C(C)C)nc1NCCN(C)C1CCCC1. The van der Waals surface area contributed by atoms with Crippen LogP contribution in [0.2, 0.25) is 0 Å². The number of hydrogen-bond acceptors (Lipinski definition) is 5. The molecule has 0 spiro atoms. The van der Waals surface area contributed by atoms with Gasteiger partial charge in [-0.25, -0.2) is 9.97 Å². The van der Waals surface area contributed by atoms with Crippen molar-refractivity contribution in [3.8, 4) is 0 Å². The van der Waals surface area contributed by atoms with Crippen molar-refractivity contribution in [2.75, 3.05) is 31.2 Å². The summed E-state index contributed by atoms with van der Waals surface area (Å²) in [5.74, 6) is 2.56. The Hall–Kier alpha value is -1.36. The third kappa shape index (κ3) is 4.06. The molecule has 1 aliphatic carbocycles. The van der Waals surface area contributed by atoms with Crippen molar-refractivity contribution in [3.05, 3.63) is 11.4 Å². The van der Waals surface area contributed by atoms with Gasteiger partial charge in [0.15, 0.2) is 0 Å². The average Bonchev–Trinajstić information content (AvgIpc) is 2.97. The van der Waals surface area contributed by atoms with Crippen molar-refractivity contribution in [1.82, 2.24) is 14.9 Å². The average molecular weight is 291 g/mol. The maximum atomic E-state index is 5.99. The van der Waals surface area contributed by atoms with Gasteiger partial charge in [-0.3, -0.25) is 0 Å². The van der Waals surface area contributed by atoms with Crippen molar-refractivity contribution >= 4 is 11.6 Å². The lowest BCUT2D eigenvalue weighted by atomic mass is 10.2. The number of nitrogens with one attached hydrogen (secondary N) is 1. The highest BCUT2D eigenvalue weighted by Gasteiger charge is 2.19. The fraction of sp³-hybridized carbons (Fsp3) is 0.750. The van der Waals surface area contributed by atoms with Gasteiger partial charge in [0.1, 0.15) is 17.5 Å². The van der Waals surface area contributed by atoms with E-state index in [0.29, 0.717) is 5.82 Å². The third-order valence-corrected chi connectivity index (χ3v) is 4.42. The molecule has 0 aliphatic heterocycles. The smallest absolute Gasteiger partial charge is 0.135 e. The van der Waals surface area contributed by atoms with E-state index in [0.717, 1.165) is 36.3 Å². The Morgan fingerprint density at radius 1 is 1.29 bits per heavy atom. The predicted octanol–water partition coefficient (Wildman–Crippen LogP) is 2.78. The molecule has 1 aliphatic rings. The summed E-state index contributed by atoms with van der Waals surface area (Å²) in [6.07, 6.45) is 5.43. The molecule has 5 heteroatoms. The molecule has 0 radical (unpaired) electrons. The van der Waals surface area contributed by atoms with E-state index in [1.165, 1.54) is 25.7 Å². The Morgan fingerprint density at radius 3 is 2.57 bits per heavy atom. The van der Waals surface area contributed by atoms with Crippen LogP contribution in [0.3, 0.4) is 0 Å². The van der Waals surface area contributed by atoms with Gasteiger partial charge in [-0.15, -0.1) is 0 Å². The summed E-state index contributed by atoms with van der Waals surface area (Å²) in [7, 11) is 2.22. The minimum absolute atomic E-state index is 0.287. The van der Waals surface area contributed by atoms with Crippen molar-refractivity contribution in [2.24, 2.45) is 0 Å². The first-order chi connectivity index (χ1) is 9.99. The molecule has 3 N–H and O–H groups in total. The lowest BCUT2D eigenvalue weighted by Gasteiger charge is -2.24. The Bertz CT molecular complexity index is 466. The zero-order valence-corrected chi connectivity index (χ0v) is 13.8. The first kappa shape index (κ1) is 16.0. The molecule has 0 atom stereocenters. The van der Waals surface area contributed by atoms with Crippen LogP contribution in [0.25, 0.3) is 0 Å². The van der Waals surface area contributed by atoms with E-state index < -0.39 is 0 Å². The fourth-order valence-corrected chi connectivity index (χ4v) is 2.86. The topological polar surface area (TPSA) is 67.1 Å². The Balaban J connectivity index is 1.93. The number of nitrogen functional groups attached to an aromatic ring is 1. The van der Waals surface area contributed by atoms with Gasteiger partial charge >= 0.3 is 0 Å². The standard InChI is InChI=1S/C16H29N5/c1-11(2)15-19-14(17)12(3)16(20-15)18-9-10-21(4)13-7-5-6-8-13/h11,13H,5-10H2,1-4H3,(H3,17,18,19,20). The predicted molar refractivity (Wildman–Crippen MR) is 88.6 cm³/mol. The number of anilines is 2. The van der Waals surface area contributed by atoms with Gasteiger partial charge in [0, 0.05) is 30.6 Å².